The van der Waals surface area contributed by atoms with Gasteiger partial charge in [0.05, 0.1) is 0 Å². The molecular formula is C17H26ClNO4. The molecule has 1 N–H and O–H groups in total. The number of aliphatic hydroxyl groups is 1. The van der Waals surface area contributed by atoms with Crippen molar-refractivity contribution in [2.75, 3.05) is 33.0 Å². The van der Waals surface area contributed by atoms with E-state index in [1.165, 1.54) is 6.42 Å². The van der Waals surface area contributed by atoms with E-state index in [1.54, 1.807) is 6.07 Å². The first-order chi connectivity index (χ1) is 10.6. The van der Waals surface area contributed by atoms with Crippen LogP contribution in [-0.2, 0) is 0 Å². The number of benzene rings is 1. The van der Waals surface area contributed by atoms with E-state index in [-0.39, 0.29) is 19.2 Å². The molecule has 0 aliphatic carbocycles. The Morgan fingerprint density at radius 2 is 1.91 bits per heavy atom. The maximum absolute atomic E-state index is 10.2. The van der Waals surface area contributed by atoms with Crippen LogP contribution in [0, 0.1) is 11.8 Å². The molecule has 1 fully saturated rings. The third kappa shape index (κ3) is 4.90. The Kier molecular flexibility index (Phi) is 6.39. The quantitative estimate of drug-likeness (QED) is 0.890. The lowest BCUT2D eigenvalue weighted by Gasteiger charge is -2.35. The van der Waals surface area contributed by atoms with Gasteiger partial charge in [-0.05, 0) is 30.4 Å². The minimum atomic E-state index is -0.483. The number of rotatable bonds is 5. The van der Waals surface area contributed by atoms with Crippen molar-refractivity contribution in [1.29, 1.82) is 0 Å². The van der Waals surface area contributed by atoms with Gasteiger partial charge in [-0.3, -0.25) is 0 Å². The van der Waals surface area contributed by atoms with Crippen LogP contribution in [0.2, 0.25) is 0 Å². The second-order valence-electron chi connectivity index (χ2n) is 6.64. The van der Waals surface area contributed by atoms with Crippen molar-refractivity contribution in [3.05, 3.63) is 18.2 Å². The van der Waals surface area contributed by atoms with Crippen molar-refractivity contribution in [2.24, 2.45) is 11.8 Å². The molecule has 0 spiro atoms. The number of hydrogen-bond acceptors (Lipinski definition) is 5. The van der Waals surface area contributed by atoms with Gasteiger partial charge in [0.1, 0.15) is 18.5 Å². The van der Waals surface area contributed by atoms with Gasteiger partial charge in [-0.1, -0.05) is 13.8 Å². The van der Waals surface area contributed by atoms with E-state index < -0.39 is 6.10 Å². The first-order valence-corrected chi connectivity index (χ1v) is 8.03. The van der Waals surface area contributed by atoms with Crippen LogP contribution in [0.1, 0.15) is 20.3 Å². The molecule has 2 aliphatic rings. The fourth-order valence-electron chi connectivity index (χ4n) is 3.45. The van der Waals surface area contributed by atoms with Crippen LogP contribution in [0.15, 0.2) is 18.2 Å². The molecule has 2 heterocycles. The maximum atomic E-state index is 10.2. The number of halogens is 1. The lowest BCUT2D eigenvalue weighted by molar-refractivity contribution is 0.0428. The van der Waals surface area contributed by atoms with Gasteiger partial charge in [0.15, 0.2) is 11.5 Å². The zero-order valence-electron chi connectivity index (χ0n) is 13.7. The SMILES string of the molecule is CC1CC(C)CN(CC(O)COc2ccc3c(c2)OCO3)C1.Cl. The lowest BCUT2D eigenvalue weighted by atomic mass is 9.92. The first kappa shape index (κ1) is 18.2. The van der Waals surface area contributed by atoms with Crippen LogP contribution >= 0.6 is 12.4 Å². The zero-order chi connectivity index (χ0) is 15.5. The van der Waals surface area contributed by atoms with Gasteiger partial charge >= 0.3 is 0 Å². The molecule has 5 nitrogen and oxygen atoms in total. The van der Waals surface area contributed by atoms with Crippen LogP contribution in [0.5, 0.6) is 17.2 Å². The standard InChI is InChI=1S/C17H25NO4.ClH/c1-12-5-13(2)8-18(7-12)9-14(19)10-20-15-3-4-16-17(6-15)22-11-21-16;/h3-4,6,12-14,19H,5,7-11H2,1-2H3;1H. The highest BCUT2D eigenvalue weighted by Gasteiger charge is 2.23. The van der Waals surface area contributed by atoms with Crippen LogP contribution in [0.25, 0.3) is 0 Å². The number of β-amino-alcohol motifs (C(OH)–C–C–N with tert-alkyl or cyclic N) is 1. The summed E-state index contributed by atoms with van der Waals surface area (Å²) in [7, 11) is 0. The summed E-state index contributed by atoms with van der Waals surface area (Å²) >= 11 is 0. The van der Waals surface area contributed by atoms with Crippen molar-refractivity contribution >= 4 is 12.4 Å². The number of fused-ring (bicyclic) bond motifs is 1. The normalized spacial score (nSPS) is 24.8. The summed E-state index contributed by atoms with van der Waals surface area (Å²) in [6.45, 7) is 7.89. The van der Waals surface area contributed by atoms with Crippen LogP contribution < -0.4 is 14.2 Å². The van der Waals surface area contributed by atoms with Crippen molar-refractivity contribution in [3.8, 4) is 17.2 Å². The summed E-state index contributed by atoms with van der Waals surface area (Å²) in [6, 6.07) is 5.48. The highest BCUT2D eigenvalue weighted by molar-refractivity contribution is 5.85. The number of aliphatic hydroxyl groups excluding tert-OH is 1. The van der Waals surface area contributed by atoms with Crippen molar-refractivity contribution < 1.29 is 19.3 Å². The average Bonchev–Trinajstić information content (AvgIpc) is 2.91. The summed E-state index contributed by atoms with van der Waals surface area (Å²) in [5.74, 6) is 3.54. The van der Waals surface area contributed by atoms with E-state index in [0.717, 1.165) is 18.8 Å². The van der Waals surface area contributed by atoms with Gasteiger partial charge in [0.2, 0.25) is 6.79 Å². The van der Waals surface area contributed by atoms with Gasteiger partial charge in [-0.25, -0.2) is 0 Å². The van der Waals surface area contributed by atoms with E-state index in [0.29, 0.717) is 36.5 Å². The van der Waals surface area contributed by atoms with Crippen molar-refractivity contribution in [1.82, 2.24) is 4.90 Å². The Morgan fingerprint density at radius 1 is 1.22 bits per heavy atom. The Balaban J connectivity index is 0.00000192. The van der Waals surface area contributed by atoms with Gasteiger partial charge in [-0.15, -0.1) is 12.4 Å². The van der Waals surface area contributed by atoms with E-state index in [4.69, 9.17) is 14.2 Å². The Bertz CT molecular complexity index is 503. The number of hydrogen-bond donors (Lipinski definition) is 1. The lowest BCUT2D eigenvalue weighted by Crippen LogP contribution is -2.43. The van der Waals surface area contributed by atoms with Crippen molar-refractivity contribution in [2.45, 2.75) is 26.4 Å². The smallest absolute Gasteiger partial charge is 0.231 e. The van der Waals surface area contributed by atoms with Crippen LogP contribution in [0.4, 0.5) is 0 Å². The number of nitrogens with zero attached hydrogens (tertiary/aromatic N) is 1. The topological polar surface area (TPSA) is 51.2 Å². The molecule has 130 valence electrons. The third-order valence-corrected chi connectivity index (χ3v) is 4.20. The highest BCUT2D eigenvalue weighted by atomic mass is 35.5. The largest absolute Gasteiger partial charge is 0.491 e. The molecule has 0 saturated carbocycles. The summed E-state index contributed by atoms with van der Waals surface area (Å²) in [5.41, 5.74) is 0. The molecule has 3 atom stereocenters. The van der Waals surface area contributed by atoms with Crippen molar-refractivity contribution in [3.63, 3.8) is 0 Å². The second-order valence-corrected chi connectivity index (χ2v) is 6.64. The molecule has 0 bridgehead atoms. The van der Waals surface area contributed by atoms with Gasteiger partial charge in [0.25, 0.3) is 0 Å². The number of ether oxygens (including phenoxy) is 3. The maximum Gasteiger partial charge on any atom is 0.231 e. The molecule has 3 unspecified atom stereocenters. The molecule has 0 aromatic heterocycles. The Hall–Kier alpha value is -1.17. The van der Waals surface area contributed by atoms with Gasteiger partial charge in [-0.2, -0.15) is 0 Å². The van der Waals surface area contributed by atoms with Crippen LogP contribution in [-0.4, -0.2) is 49.1 Å². The molecule has 0 radical (unpaired) electrons. The predicted molar refractivity (Wildman–Crippen MR) is 90.7 cm³/mol. The molecule has 1 saturated heterocycles. The van der Waals surface area contributed by atoms with Gasteiger partial charge < -0.3 is 24.2 Å². The van der Waals surface area contributed by atoms with E-state index in [2.05, 4.69) is 18.7 Å². The molecule has 23 heavy (non-hydrogen) atoms. The van der Waals surface area contributed by atoms with E-state index in [9.17, 15) is 5.11 Å². The minimum absolute atomic E-state index is 0. The third-order valence-electron chi connectivity index (χ3n) is 4.20. The predicted octanol–water partition coefficient (Wildman–Crippen LogP) is 2.55. The minimum Gasteiger partial charge on any atom is -0.491 e. The second kappa shape index (κ2) is 8.08. The summed E-state index contributed by atoms with van der Waals surface area (Å²) in [5, 5.41) is 10.2. The monoisotopic (exact) mass is 343 g/mol. The fraction of sp³-hybridized carbons (Fsp3) is 0.647. The Labute approximate surface area is 143 Å². The van der Waals surface area contributed by atoms with E-state index >= 15 is 0 Å². The summed E-state index contributed by atoms with van der Waals surface area (Å²) in [6.07, 6.45) is 0.795. The van der Waals surface area contributed by atoms with E-state index in [1.807, 2.05) is 12.1 Å². The molecule has 2 aliphatic heterocycles. The molecule has 0 amide bonds. The molecule has 1 aromatic rings. The summed E-state index contributed by atoms with van der Waals surface area (Å²) in [4.78, 5) is 2.34. The highest BCUT2D eigenvalue weighted by Crippen LogP contribution is 2.35. The fourth-order valence-corrected chi connectivity index (χ4v) is 3.45. The number of likely N-dealkylation sites (tertiary alicyclic amines) is 1. The zero-order valence-corrected chi connectivity index (χ0v) is 14.6. The molecule has 6 heteroatoms. The molecular weight excluding hydrogens is 318 g/mol. The number of piperidine rings is 1. The summed E-state index contributed by atoms with van der Waals surface area (Å²) < 4.78 is 16.3. The average molecular weight is 344 g/mol. The van der Waals surface area contributed by atoms with Gasteiger partial charge in [0, 0.05) is 25.7 Å². The first-order valence-electron chi connectivity index (χ1n) is 8.03. The molecule has 3 rings (SSSR count). The molecule has 1 aromatic carbocycles. The van der Waals surface area contributed by atoms with Crippen LogP contribution in [0.3, 0.4) is 0 Å². The Morgan fingerprint density at radius 3 is 2.65 bits per heavy atom.